The normalized spacial score (nSPS) is 10.8. The van der Waals surface area contributed by atoms with Crippen LogP contribution in [0.2, 0.25) is 0 Å². The fraction of sp³-hybridized carbons (Fsp3) is 0.0526. The second-order valence-electron chi connectivity index (χ2n) is 5.81. The van der Waals surface area contributed by atoms with Crippen molar-refractivity contribution in [1.82, 2.24) is 9.97 Å². The first kappa shape index (κ1) is 18.3. The Bertz CT molecular complexity index is 1260. The minimum absolute atomic E-state index is 0.145. The van der Waals surface area contributed by atoms with Crippen molar-refractivity contribution >= 4 is 54.8 Å². The van der Waals surface area contributed by atoms with Crippen molar-refractivity contribution in [3.63, 3.8) is 0 Å². The standard InChI is InChI=1S/C19H10BrFN4O2S/c1-9(26)18-17(12-6-15(20)23-8-13(12)27-18)25-19-24-16(14(7-22)28-19)10-2-4-11(21)5-3-10/h2-6,8H,1H3,(H,24,25). The summed E-state index contributed by atoms with van der Waals surface area (Å²) < 4.78 is 19.4. The first-order valence-corrected chi connectivity index (χ1v) is 9.60. The number of pyridine rings is 1. The number of rotatable bonds is 4. The molecular weight excluding hydrogens is 447 g/mol. The summed E-state index contributed by atoms with van der Waals surface area (Å²) >= 11 is 4.44. The number of aromatic nitrogens is 2. The number of hydrogen-bond acceptors (Lipinski definition) is 7. The van der Waals surface area contributed by atoms with Gasteiger partial charge in [0, 0.05) is 17.9 Å². The van der Waals surface area contributed by atoms with Crippen LogP contribution in [0.5, 0.6) is 0 Å². The van der Waals surface area contributed by atoms with E-state index in [1.807, 2.05) is 0 Å². The van der Waals surface area contributed by atoms with E-state index in [0.717, 1.165) is 11.3 Å². The van der Waals surface area contributed by atoms with E-state index in [2.05, 4.69) is 37.3 Å². The number of hydrogen-bond donors (Lipinski definition) is 1. The molecule has 0 atom stereocenters. The fourth-order valence-electron chi connectivity index (χ4n) is 2.71. The van der Waals surface area contributed by atoms with Crippen molar-refractivity contribution in [3.05, 3.63) is 57.6 Å². The Kier molecular flexibility index (Phi) is 4.66. The van der Waals surface area contributed by atoms with Crippen LogP contribution in [-0.4, -0.2) is 15.8 Å². The molecule has 0 aliphatic carbocycles. The fourth-order valence-corrected chi connectivity index (χ4v) is 3.83. The van der Waals surface area contributed by atoms with Gasteiger partial charge in [0.05, 0.1) is 11.9 Å². The highest BCUT2D eigenvalue weighted by Gasteiger charge is 2.21. The van der Waals surface area contributed by atoms with Crippen LogP contribution in [0.1, 0.15) is 22.4 Å². The molecule has 0 radical (unpaired) electrons. The molecule has 28 heavy (non-hydrogen) atoms. The number of benzene rings is 1. The van der Waals surface area contributed by atoms with E-state index in [0.29, 0.717) is 42.5 Å². The number of halogens is 2. The Morgan fingerprint density at radius 2 is 2.11 bits per heavy atom. The summed E-state index contributed by atoms with van der Waals surface area (Å²) in [6.07, 6.45) is 1.52. The third kappa shape index (κ3) is 3.28. The van der Waals surface area contributed by atoms with E-state index < -0.39 is 0 Å². The van der Waals surface area contributed by atoms with Gasteiger partial charge < -0.3 is 9.73 Å². The van der Waals surface area contributed by atoms with Gasteiger partial charge in [0.2, 0.25) is 0 Å². The van der Waals surface area contributed by atoms with E-state index in [1.54, 1.807) is 18.2 Å². The number of nitriles is 1. The molecule has 4 rings (SSSR count). The molecule has 4 aromatic rings. The van der Waals surface area contributed by atoms with Crippen LogP contribution in [0.4, 0.5) is 15.2 Å². The Hall–Kier alpha value is -3.09. The number of ketones is 1. The maximum absolute atomic E-state index is 13.2. The van der Waals surface area contributed by atoms with Crippen LogP contribution < -0.4 is 5.32 Å². The quantitative estimate of drug-likeness (QED) is 0.314. The molecule has 0 amide bonds. The van der Waals surface area contributed by atoms with E-state index in [-0.39, 0.29) is 17.4 Å². The Morgan fingerprint density at radius 1 is 1.36 bits per heavy atom. The lowest BCUT2D eigenvalue weighted by atomic mass is 10.1. The zero-order valence-corrected chi connectivity index (χ0v) is 16.7. The minimum Gasteiger partial charge on any atom is -0.449 e. The van der Waals surface area contributed by atoms with Gasteiger partial charge >= 0.3 is 0 Å². The largest absolute Gasteiger partial charge is 0.449 e. The van der Waals surface area contributed by atoms with Gasteiger partial charge in [0.15, 0.2) is 22.3 Å². The molecular formula is C19H10BrFN4O2S. The van der Waals surface area contributed by atoms with E-state index in [9.17, 15) is 14.4 Å². The van der Waals surface area contributed by atoms with Crippen molar-refractivity contribution < 1.29 is 13.6 Å². The number of Topliss-reactive ketones (excluding diaryl/α,β-unsaturated/α-hetero) is 1. The summed E-state index contributed by atoms with van der Waals surface area (Å²) in [5.74, 6) is -0.483. The molecule has 0 unspecified atom stereocenters. The predicted octanol–water partition coefficient (Wildman–Crippen LogP) is 5.67. The Balaban J connectivity index is 1.81. The van der Waals surface area contributed by atoms with Crippen molar-refractivity contribution in [2.75, 3.05) is 5.32 Å². The molecule has 9 heteroatoms. The third-order valence-electron chi connectivity index (χ3n) is 3.94. The molecule has 0 aliphatic heterocycles. The van der Waals surface area contributed by atoms with Gasteiger partial charge in [-0.25, -0.2) is 14.4 Å². The number of carbonyl (C=O) groups excluding carboxylic acids is 1. The predicted molar refractivity (Wildman–Crippen MR) is 107 cm³/mol. The summed E-state index contributed by atoms with van der Waals surface area (Å²) in [7, 11) is 0. The second-order valence-corrected chi connectivity index (χ2v) is 7.62. The lowest BCUT2D eigenvalue weighted by Crippen LogP contribution is -1.97. The van der Waals surface area contributed by atoms with E-state index >= 15 is 0 Å². The molecule has 3 heterocycles. The first-order valence-electron chi connectivity index (χ1n) is 7.99. The highest BCUT2D eigenvalue weighted by molar-refractivity contribution is 9.10. The topological polar surface area (TPSA) is 91.8 Å². The lowest BCUT2D eigenvalue weighted by molar-refractivity contribution is 0.0990. The monoisotopic (exact) mass is 456 g/mol. The molecule has 0 saturated carbocycles. The average molecular weight is 457 g/mol. The zero-order valence-electron chi connectivity index (χ0n) is 14.3. The number of nitrogens with one attached hydrogen (secondary N) is 1. The van der Waals surface area contributed by atoms with Crippen LogP contribution in [0.15, 0.2) is 45.5 Å². The van der Waals surface area contributed by atoms with E-state index in [4.69, 9.17) is 4.42 Å². The zero-order chi connectivity index (χ0) is 19.8. The van der Waals surface area contributed by atoms with Crippen LogP contribution in [0.3, 0.4) is 0 Å². The molecule has 1 aromatic carbocycles. The summed E-state index contributed by atoms with van der Waals surface area (Å²) in [5.41, 5.74) is 1.97. The highest BCUT2D eigenvalue weighted by Crippen LogP contribution is 2.37. The molecule has 6 nitrogen and oxygen atoms in total. The minimum atomic E-state index is -0.369. The Labute approximate surface area is 170 Å². The summed E-state index contributed by atoms with van der Waals surface area (Å²) in [5, 5.41) is 13.6. The van der Waals surface area contributed by atoms with Gasteiger partial charge in [0.25, 0.3) is 0 Å². The van der Waals surface area contributed by atoms with Crippen molar-refractivity contribution in [3.8, 4) is 17.3 Å². The van der Waals surface area contributed by atoms with Gasteiger partial charge in [0.1, 0.15) is 27.1 Å². The van der Waals surface area contributed by atoms with Gasteiger partial charge in [-0.05, 0) is 46.3 Å². The first-order chi connectivity index (χ1) is 13.5. The van der Waals surface area contributed by atoms with Crippen LogP contribution >= 0.6 is 27.3 Å². The summed E-state index contributed by atoms with van der Waals surface area (Å²) in [6, 6.07) is 9.58. The molecule has 0 spiro atoms. The van der Waals surface area contributed by atoms with Crippen LogP contribution in [0.25, 0.3) is 22.2 Å². The maximum Gasteiger partial charge on any atom is 0.197 e. The van der Waals surface area contributed by atoms with Gasteiger partial charge in [-0.15, -0.1) is 0 Å². The molecule has 138 valence electrons. The number of furan rings is 1. The molecule has 0 fully saturated rings. The molecule has 0 saturated heterocycles. The van der Waals surface area contributed by atoms with Gasteiger partial charge in [-0.1, -0.05) is 11.3 Å². The molecule has 3 aromatic heterocycles. The third-order valence-corrected chi connectivity index (χ3v) is 5.25. The molecule has 0 aliphatic rings. The number of thiazole rings is 1. The highest BCUT2D eigenvalue weighted by atomic mass is 79.9. The smallest absolute Gasteiger partial charge is 0.197 e. The number of nitrogens with zero attached hydrogens (tertiary/aromatic N) is 3. The molecule has 1 N–H and O–H groups in total. The van der Waals surface area contributed by atoms with Crippen molar-refractivity contribution in [2.24, 2.45) is 0 Å². The second kappa shape index (κ2) is 7.14. The van der Waals surface area contributed by atoms with Crippen LogP contribution in [0, 0.1) is 17.1 Å². The molecule has 0 bridgehead atoms. The Morgan fingerprint density at radius 3 is 2.79 bits per heavy atom. The maximum atomic E-state index is 13.2. The van der Waals surface area contributed by atoms with Crippen LogP contribution in [-0.2, 0) is 0 Å². The average Bonchev–Trinajstić information content (AvgIpc) is 3.24. The lowest BCUT2D eigenvalue weighted by Gasteiger charge is -2.02. The van der Waals surface area contributed by atoms with Crippen molar-refractivity contribution in [2.45, 2.75) is 6.92 Å². The van der Waals surface area contributed by atoms with Gasteiger partial charge in [-0.2, -0.15) is 5.26 Å². The van der Waals surface area contributed by atoms with E-state index in [1.165, 1.54) is 25.3 Å². The summed E-state index contributed by atoms with van der Waals surface area (Å²) in [6.45, 7) is 1.40. The summed E-state index contributed by atoms with van der Waals surface area (Å²) in [4.78, 5) is 21.0. The number of anilines is 2. The van der Waals surface area contributed by atoms with Crippen molar-refractivity contribution in [1.29, 1.82) is 5.26 Å². The number of carbonyl (C=O) groups is 1. The number of fused-ring (bicyclic) bond motifs is 1. The SMILES string of the molecule is CC(=O)c1oc2cnc(Br)cc2c1Nc1nc(-c2ccc(F)cc2)c(C#N)s1. The van der Waals surface area contributed by atoms with Gasteiger partial charge in [-0.3, -0.25) is 4.79 Å².